The van der Waals surface area contributed by atoms with E-state index in [1.807, 2.05) is 26.0 Å². The van der Waals surface area contributed by atoms with E-state index >= 15 is 0 Å². The molecule has 2 aromatic rings. The summed E-state index contributed by atoms with van der Waals surface area (Å²) in [4.78, 5) is 0. The summed E-state index contributed by atoms with van der Waals surface area (Å²) in [5.74, 6) is 0. The topological polar surface area (TPSA) is 4.93 Å². The van der Waals surface area contributed by atoms with E-state index in [1.54, 1.807) is 0 Å². The molecule has 0 amide bonds. The van der Waals surface area contributed by atoms with Crippen LogP contribution in [0.5, 0.6) is 0 Å². The molecule has 0 unspecified atom stereocenters. The summed E-state index contributed by atoms with van der Waals surface area (Å²) in [5, 5.41) is 4.57. The summed E-state index contributed by atoms with van der Waals surface area (Å²) in [6.45, 7) is 16.5. The molecule has 0 fully saturated rings. The highest BCUT2D eigenvalue weighted by atomic mass is 15.0. The van der Waals surface area contributed by atoms with Gasteiger partial charge in [0.25, 0.3) is 0 Å². The van der Waals surface area contributed by atoms with Crippen LogP contribution < -0.4 is 10.7 Å². The molecule has 0 saturated carbocycles. The van der Waals surface area contributed by atoms with Crippen LogP contribution in [-0.2, 0) is 0 Å². The van der Waals surface area contributed by atoms with Gasteiger partial charge in [0.15, 0.2) is 0 Å². The van der Waals surface area contributed by atoms with Crippen molar-refractivity contribution in [2.75, 3.05) is 0 Å². The molecule has 16 heavy (non-hydrogen) atoms. The second-order valence-electron chi connectivity index (χ2n) is 3.90. The fraction of sp³-hybridized carbons (Fsp3) is 0.333. The lowest BCUT2D eigenvalue weighted by atomic mass is 10.2. The standard InChI is InChI=1S/C13H15N.C2H6/c1-9(2)14-10(3)12-7-5-6-8-13(12)11(14)4;1-2/h5-9H,3-4H2,1-2H3;1-2H3. The van der Waals surface area contributed by atoms with Crippen molar-refractivity contribution in [3.8, 4) is 0 Å². The first-order valence-corrected chi connectivity index (χ1v) is 5.89. The number of hydrogen-bond acceptors (Lipinski definition) is 0. The van der Waals surface area contributed by atoms with E-state index in [2.05, 4.69) is 43.7 Å². The summed E-state index contributed by atoms with van der Waals surface area (Å²) in [5.41, 5.74) is 0. The zero-order valence-electron chi connectivity index (χ0n) is 10.7. The molecular formula is C15H21N. The molecule has 0 saturated heterocycles. The van der Waals surface area contributed by atoms with Crippen LogP contribution in [0.2, 0.25) is 0 Å². The van der Waals surface area contributed by atoms with E-state index in [4.69, 9.17) is 0 Å². The molecule has 0 aliphatic carbocycles. The highest BCUT2D eigenvalue weighted by Crippen LogP contribution is 2.07. The van der Waals surface area contributed by atoms with E-state index in [-0.39, 0.29) is 0 Å². The van der Waals surface area contributed by atoms with Gasteiger partial charge >= 0.3 is 0 Å². The Bertz CT molecular complexity index is 514. The first-order chi connectivity index (χ1) is 7.63. The van der Waals surface area contributed by atoms with E-state index in [0.29, 0.717) is 6.04 Å². The van der Waals surface area contributed by atoms with Crippen molar-refractivity contribution in [1.82, 2.24) is 4.57 Å². The Morgan fingerprint density at radius 2 is 1.31 bits per heavy atom. The van der Waals surface area contributed by atoms with Gasteiger partial charge in [0, 0.05) is 27.5 Å². The third-order valence-electron chi connectivity index (χ3n) is 2.65. The van der Waals surface area contributed by atoms with Crippen molar-refractivity contribution in [3.63, 3.8) is 0 Å². The van der Waals surface area contributed by atoms with Gasteiger partial charge in [-0.25, -0.2) is 0 Å². The summed E-state index contributed by atoms with van der Waals surface area (Å²) in [6, 6.07) is 8.71. The maximum Gasteiger partial charge on any atom is 0.0420 e. The predicted molar refractivity (Wildman–Crippen MR) is 74.0 cm³/mol. The molecule has 0 atom stereocenters. The van der Waals surface area contributed by atoms with Gasteiger partial charge in [-0.15, -0.1) is 0 Å². The molecular weight excluding hydrogens is 194 g/mol. The van der Waals surface area contributed by atoms with E-state index in [1.165, 1.54) is 10.8 Å². The van der Waals surface area contributed by atoms with Gasteiger partial charge in [-0.3, -0.25) is 0 Å². The van der Waals surface area contributed by atoms with Crippen LogP contribution in [0, 0.1) is 0 Å². The molecule has 2 rings (SSSR count). The fourth-order valence-corrected chi connectivity index (χ4v) is 2.03. The number of rotatable bonds is 1. The monoisotopic (exact) mass is 215 g/mol. The fourth-order valence-electron chi connectivity index (χ4n) is 2.03. The van der Waals surface area contributed by atoms with Gasteiger partial charge in [0.05, 0.1) is 0 Å². The largest absolute Gasteiger partial charge is 0.339 e. The molecule has 1 heterocycles. The Balaban J connectivity index is 0.000000606. The van der Waals surface area contributed by atoms with Crippen LogP contribution in [0.4, 0.5) is 0 Å². The van der Waals surface area contributed by atoms with Crippen LogP contribution in [0.25, 0.3) is 23.9 Å². The maximum atomic E-state index is 4.11. The molecule has 0 aliphatic heterocycles. The quantitative estimate of drug-likeness (QED) is 0.689. The average Bonchev–Trinajstić information content (AvgIpc) is 2.55. The van der Waals surface area contributed by atoms with Gasteiger partial charge in [-0.05, 0) is 13.8 Å². The van der Waals surface area contributed by atoms with Crippen LogP contribution in [-0.4, -0.2) is 4.57 Å². The third-order valence-corrected chi connectivity index (χ3v) is 2.65. The Morgan fingerprint density at radius 1 is 0.938 bits per heavy atom. The van der Waals surface area contributed by atoms with Crippen molar-refractivity contribution in [2.45, 2.75) is 33.7 Å². The Labute approximate surface area is 97.7 Å². The van der Waals surface area contributed by atoms with E-state index in [0.717, 1.165) is 10.7 Å². The number of aromatic nitrogens is 1. The zero-order chi connectivity index (χ0) is 12.3. The lowest BCUT2D eigenvalue weighted by Gasteiger charge is -2.07. The van der Waals surface area contributed by atoms with Gasteiger partial charge in [-0.1, -0.05) is 51.3 Å². The minimum Gasteiger partial charge on any atom is -0.339 e. The number of hydrogen-bond donors (Lipinski definition) is 0. The minimum absolute atomic E-state index is 0.419. The molecule has 86 valence electrons. The lowest BCUT2D eigenvalue weighted by molar-refractivity contribution is 0.579. The Kier molecular flexibility index (Phi) is 3.94. The van der Waals surface area contributed by atoms with Gasteiger partial charge in [0.1, 0.15) is 0 Å². The molecule has 0 bridgehead atoms. The summed E-state index contributed by atoms with van der Waals surface area (Å²) in [6.07, 6.45) is 0. The third kappa shape index (κ3) is 1.90. The Hall–Kier alpha value is -1.50. The molecule has 0 spiro atoms. The normalized spacial score (nSPS) is 10.3. The first kappa shape index (κ1) is 12.6. The first-order valence-electron chi connectivity index (χ1n) is 5.89. The lowest BCUT2D eigenvalue weighted by Crippen LogP contribution is -2.26. The number of nitrogens with zero attached hydrogens (tertiary/aromatic N) is 1. The molecule has 1 heteroatoms. The molecule has 0 N–H and O–H groups in total. The van der Waals surface area contributed by atoms with Gasteiger partial charge in [-0.2, -0.15) is 0 Å². The highest BCUT2D eigenvalue weighted by molar-refractivity contribution is 5.83. The Morgan fingerprint density at radius 3 is 1.62 bits per heavy atom. The van der Waals surface area contributed by atoms with Crippen LogP contribution >= 0.6 is 0 Å². The minimum atomic E-state index is 0.419. The zero-order valence-corrected chi connectivity index (χ0v) is 10.7. The number of fused-ring (bicyclic) bond motifs is 1. The van der Waals surface area contributed by atoms with E-state index < -0.39 is 0 Å². The molecule has 1 aromatic carbocycles. The smallest absolute Gasteiger partial charge is 0.0420 e. The predicted octanol–water partition coefficient (Wildman–Crippen LogP) is 3.07. The molecule has 1 aromatic heterocycles. The summed E-state index contributed by atoms with van der Waals surface area (Å²) >= 11 is 0. The molecule has 1 nitrogen and oxygen atoms in total. The maximum absolute atomic E-state index is 4.11. The van der Waals surface area contributed by atoms with Crippen molar-refractivity contribution < 1.29 is 0 Å². The molecule has 0 aliphatic rings. The molecule has 0 radical (unpaired) electrons. The summed E-state index contributed by atoms with van der Waals surface area (Å²) < 4.78 is 2.19. The van der Waals surface area contributed by atoms with Crippen molar-refractivity contribution >= 4 is 23.9 Å². The second-order valence-corrected chi connectivity index (χ2v) is 3.90. The average molecular weight is 215 g/mol. The van der Waals surface area contributed by atoms with E-state index in [9.17, 15) is 0 Å². The number of benzene rings is 1. The van der Waals surface area contributed by atoms with Crippen LogP contribution in [0.1, 0.15) is 33.7 Å². The van der Waals surface area contributed by atoms with Crippen LogP contribution in [0.15, 0.2) is 24.3 Å². The van der Waals surface area contributed by atoms with Crippen molar-refractivity contribution in [3.05, 3.63) is 35.0 Å². The van der Waals surface area contributed by atoms with Crippen LogP contribution in [0.3, 0.4) is 0 Å². The van der Waals surface area contributed by atoms with Gasteiger partial charge in [0.2, 0.25) is 0 Å². The highest BCUT2D eigenvalue weighted by Gasteiger charge is 2.05. The van der Waals surface area contributed by atoms with Crippen molar-refractivity contribution in [1.29, 1.82) is 0 Å². The second kappa shape index (κ2) is 5.02. The van der Waals surface area contributed by atoms with Crippen molar-refractivity contribution in [2.24, 2.45) is 0 Å². The SMILES string of the molecule is C=c1c2ccccc2c(=C)n1C(C)C.CC. The van der Waals surface area contributed by atoms with Gasteiger partial charge < -0.3 is 4.57 Å². The summed E-state index contributed by atoms with van der Waals surface area (Å²) in [7, 11) is 0.